The molecule has 1 saturated heterocycles. The Labute approximate surface area is 244 Å². The summed E-state index contributed by atoms with van der Waals surface area (Å²) in [5.74, 6) is -4.66. The fourth-order valence-electron chi connectivity index (χ4n) is 6.36. The van der Waals surface area contributed by atoms with Crippen molar-refractivity contribution in [1.82, 2.24) is 0 Å². The van der Waals surface area contributed by atoms with Crippen molar-refractivity contribution in [3.63, 3.8) is 0 Å². The van der Waals surface area contributed by atoms with E-state index in [1.165, 1.54) is 36.4 Å². The van der Waals surface area contributed by atoms with E-state index in [1.54, 1.807) is 6.07 Å². The zero-order valence-electron chi connectivity index (χ0n) is 24.0. The van der Waals surface area contributed by atoms with Gasteiger partial charge in [0.2, 0.25) is 11.8 Å². The Morgan fingerprint density at radius 1 is 1.17 bits per heavy atom. The van der Waals surface area contributed by atoms with Gasteiger partial charge in [0.25, 0.3) is 5.69 Å². The highest BCUT2D eigenvalue weighted by molar-refractivity contribution is 6.22. The fourth-order valence-corrected chi connectivity index (χ4v) is 6.36. The van der Waals surface area contributed by atoms with Crippen LogP contribution in [-0.2, 0) is 9.59 Å². The lowest BCUT2D eigenvalue weighted by Gasteiger charge is -2.38. The molecule has 0 spiro atoms. The van der Waals surface area contributed by atoms with Gasteiger partial charge in [-0.1, -0.05) is 56.5 Å². The van der Waals surface area contributed by atoms with Gasteiger partial charge in [0.05, 0.1) is 35.2 Å². The third-order valence-corrected chi connectivity index (χ3v) is 8.32. The number of anilines is 1. The van der Waals surface area contributed by atoms with E-state index in [-0.39, 0.29) is 23.7 Å². The van der Waals surface area contributed by atoms with Crippen LogP contribution in [0.25, 0.3) is 6.08 Å². The molecule has 0 saturated carbocycles. The average molecular weight is 581 g/mol. The van der Waals surface area contributed by atoms with Crippen LogP contribution in [0.3, 0.4) is 0 Å². The van der Waals surface area contributed by atoms with Crippen molar-refractivity contribution in [2.24, 2.45) is 23.7 Å². The Hall–Kier alpha value is -3.89. The van der Waals surface area contributed by atoms with Crippen LogP contribution in [0.1, 0.15) is 58.4 Å². The quantitative estimate of drug-likeness (QED) is 0.137. The number of aromatic hydroxyl groups is 1. The summed E-state index contributed by atoms with van der Waals surface area (Å²) in [4.78, 5) is 39.0. The molecule has 2 amide bonds. The Morgan fingerprint density at radius 2 is 1.90 bits per heavy atom. The summed E-state index contributed by atoms with van der Waals surface area (Å²) in [6, 6.07) is 9.52. The summed E-state index contributed by atoms with van der Waals surface area (Å²) in [7, 11) is 0. The molecule has 1 fully saturated rings. The minimum atomic E-state index is -0.993. The van der Waals surface area contributed by atoms with E-state index in [0.717, 1.165) is 22.5 Å². The standard InChI is InChI=1S/C32H37FN2O7/c1-4-6-19(13-20-10-11-27(37)26(33)14-20)9-12-28(38)29-23(18(2)3)16-24-30(25(29)17-36)32(40)34(31(24)39)21-7-5-8-22(15-21)35(41)42/h5,7-8,10-11,13-15,18,24-25,28,30,36-38H,4,6,9,12,16-17H2,1-3H3/b19-13+/t24-,25+,28-,30-/m1/s1. The van der Waals surface area contributed by atoms with Crippen molar-refractivity contribution < 1.29 is 34.2 Å². The van der Waals surface area contributed by atoms with Crippen LogP contribution in [0.15, 0.2) is 59.2 Å². The molecule has 2 aliphatic rings. The first kappa shape index (κ1) is 31.1. The number of nitro groups is 1. The van der Waals surface area contributed by atoms with E-state index in [0.29, 0.717) is 30.4 Å². The number of halogens is 1. The zero-order valence-corrected chi connectivity index (χ0v) is 24.0. The number of amides is 2. The molecule has 224 valence electrons. The Balaban J connectivity index is 1.63. The van der Waals surface area contributed by atoms with E-state index in [9.17, 15) is 39.4 Å². The summed E-state index contributed by atoms with van der Waals surface area (Å²) in [5.41, 5.74) is 2.83. The number of nitrogens with zero attached hydrogens (tertiary/aromatic N) is 2. The first-order valence-electron chi connectivity index (χ1n) is 14.3. The fraction of sp³-hybridized carbons (Fsp3) is 0.438. The summed E-state index contributed by atoms with van der Waals surface area (Å²) in [5, 5.41) is 42.9. The van der Waals surface area contributed by atoms with E-state index in [2.05, 4.69) is 0 Å². The highest BCUT2D eigenvalue weighted by Gasteiger charge is 2.55. The second kappa shape index (κ2) is 13.0. The molecular formula is C32H37FN2O7. The van der Waals surface area contributed by atoms with Gasteiger partial charge in [0.15, 0.2) is 11.6 Å². The maximum absolute atomic E-state index is 13.9. The predicted octanol–water partition coefficient (Wildman–Crippen LogP) is 5.53. The molecule has 0 bridgehead atoms. The lowest BCUT2D eigenvalue weighted by Crippen LogP contribution is -2.39. The number of imide groups is 1. The summed E-state index contributed by atoms with van der Waals surface area (Å²) < 4.78 is 13.9. The Bertz CT molecular complexity index is 1430. The minimum Gasteiger partial charge on any atom is -0.505 e. The molecule has 2 aromatic carbocycles. The van der Waals surface area contributed by atoms with Crippen molar-refractivity contribution in [3.05, 3.63) is 80.7 Å². The van der Waals surface area contributed by atoms with Crippen LogP contribution >= 0.6 is 0 Å². The van der Waals surface area contributed by atoms with Gasteiger partial charge in [-0.15, -0.1) is 0 Å². The van der Waals surface area contributed by atoms with Crippen LogP contribution in [0.4, 0.5) is 15.8 Å². The van der Waals surface area contributed by atoms with Crippen molar-refractivity contribution in [3.8, 4) is 5.75 Å². The number of carbonyl (C=O) groups is 2. The van der Waals surface area contributed by atoms with E-state index in [1.807, 2.05) is 26.8 Å². The van der Waals surface area contributed by atoms with Crippen molar-refractivity contribution in [1.29, 1.82) is 0 Å². The number of nitro benzene ring substituents is 1. The summed E-state index contributed by atoms with van der Waals surface area (Å²) >= 11 is 0. The summed E-state index contributed by atoms with van der Waals surface area (Å²) in [6.45, 7) is 5.45. The maximum atomic E-state index is 13.9. The van der Waals surface area contributed by atoms with Gasteiger partial charge in [-0.3, -0.25) is 19.7 Å². The molecule has 0 unspecified atom stereocenters. The molecule has 0 radical (unpaired) electrons. The lowest BCUT2D eigenvalue weighted by atomic mass is 9.66. The van der Waals surface area contributed by atoms with Gasteiger partial charge in [-0.25, -0.2) is 9.29 Å². The molecule has 42 heavy (non-hydrogen) atoms. The maximum Gasteiger partial charge on any atom is 0.271 e. The number of phenolic OH excluding ortho intramolecular Hbond substituents is 1. The number of fused-ring (bicyclic) bond motifs is 1. The number of hydrogen-bond donors (Lipinski definition) is 3. The van der Waals surface area contributed by atoms with Crippen molar-refractivity contribution >= 4 is 29.3 Å². The molecule has 1 aliphatic carbocycles. The molecule has 0 aromatic heterocycles. The van der Waals surface area contributed by atoms with Gasteiger partial charge in [0, 0.05) is 18.1 Å². The van der Waals surface area contributed by atoms with E-state index in [4.69, 9.17) is 0 Å². The number of allylic oxidation sites excluding steroid dienone is 2. The van der Waals surface area contributed by atoms with Crippen LogP contribution in [-0.4, -0.2) is 44.8 Å². The first-order chi connectivity index (χ1) is 20.0. The predicted molar refractivity (Wildman–Crippen MR) is 156 cm³/mol. The number of hydrogen-bond acceptors (Lipinski definition) is 7. The Kier molecular flexibility index (Phi) is 9.58. The molecular weight excluding hydrogens is 543 g/mol. The second-order valence-corrected chi connectivity index (χ2v) is 11.4. The minimum absolute atomic E-state index is 0.0648. The lowest BCUT2D eigenvalue weighted by molar-refractivity contribution is -0.384. The van der Waals surface area contributed by atoms with Gasteiger partial charge >= 0.3 is 0 Å². The number of aliphatic hydroxyl groups excluding tert-OH is 2. The summed E-state index contributed by atoms with van der Waals surface area (Å²) in [6.07, 6.45) is 3.40. The molecule has 1 heterocycles. The first-order valence-corrected chi connectivity index (χ1v) is 14.3. The smallest absolute Gasteiger partial charge is 0.271 e. The third-order valence-electron chi connectivity index (χ3n) is 8.32. The van der Waals surface area contributed by atoms with E-state index < -0.39 is 58.8 Å². The molecule has 9 nitrogen and oxygen atoms in total. The van der Waals surface area contributed by atoms with Crippen molar-refractivity contribution in [2.75, 3.05) is 11.5 Å². The van der Waals surface area contributed by atoms with Crippen LogP contribution in [0.2, 0.25) is 0 Å². The third kappa shape index (κ3) is 6.15. The molecule has 1 aliphatic heterocycles. The molecule has 4 rings (SSSR count). The largest absolute Gasteiger partial charge is 0.505 e. The zero-order chi connectivity index (χ0) is 30.7. The molecule has 10 heteroatoms. The highest BCUT2D eigenvalue weighted by atomic mass is 19.1. The monoisotopic (exact) mass is 580 g/mol. The van der Waals surface area contributed by atoms with Crippen LogP contribution in [0.5, 0.6) is 5.75 Å². The topological polar surface area (TPSA) is 141 Å². The van der Waals surface area contributed by atoms with Crippen molar-refractivity contribution in [2.45, 2.75) is 59.0 Å². The van der Waals surface area contributed by atoms with E-state index >= 15 is 0 Å². The van der Waals surface area contributed by atoms with Gasteiger partial charge in [-0.05, 0) is 60.9 Å². The van der Waals surface area contributed by atoms with Gasteiger partial charge in [0.1, 0.15) is 0 Å². The Morgan fingerprint density at radius 3 is 2.52 bits per heavy atom. The van der Waals surface area contributed by atoms with Crippen LogP contribution < -0.4 is 4.90 Å². The number of phenols is 1. The average Bonchev–Trinajstić information content (AvgIpc) is 3.21. The number of rotatable bonds is 11. The number of aliphatic hydroxyl groups is 2. The van der Waals surface area contributed by atoms with Gasteiger partial charge < -0.3 is 15.3 Å². The normalized spacial score (nSPS) is 21.7. The second-order valence-electron chi connectivity index (χ2n) is 11.4. The van der Waals surface area contributed by atoms with Gasteiger partial charge in [-0.2, -0.15) is 0 Å². The number of benzene rings is 2. The molecule has 3 N–H and O–H groups in total. The van der Waals surface area contributed by atoms with Crippen LogP contribution in [0, 0.1) is 39.6 Å². The number of carbonyl (C=O) groups excluding carboxylic acids is 2. The molecule has 4 atom stereocenters. The highest BCUT2D eigenvalue weighted by Crippen LogP contribution is 2.49. The SMILES string of the molecule is CCC/C(=C\c1ccc(O)c(F)c1)CC[C@@H](O)C1=C(C(C)C)C[C@H]2C(=O)N(c3cccc([N+](=O)[O-])c3)C(=O)[C@H]2[C@H]1CO. The molecule has 2 aromatic rings. The number of non-ortho nitro benzene ring substituents is 1.